The first-order valence-electron chi connectivity index (χ1n) is 7.00. The molecule has 1 amide bonds. The summed E-state index contributed by atoms with van der Waals surface area (Å²) in [6.07, 6.45) is 1.72. The Hall–Kier alpha value is -1.62. The third kappa shape index (κ3) is 5.57. The first-order valence-corrected chi connectivity index (χ1v) is 7.00. The van der Waals surface area contributed by atoms with Crippen molar-refractivity contribution in [2.75, 3.05) is 13.2 Å². The Balaban J connectivity index is 2.49. The number of carbonyl (C=O) groups excluding carboxylic acids is 1. The molecule has 0 heterocycles. The Morgan fingerprint density at radius 2 is 2.20 bits per heavy atom. The van der Waals surface area contributed by atoms with Gasteiger partial charge in [0.1, 0.15) is 0 Å². The van der Waals surface area contributed by atoms with E-state index in [1.54, 1.807) is 12.1 Å². The van der Waals surface area contributed by atoms with E-state index in [-0.39, 0.29) is 30.7 Å². The van der Waals surface area contributed by atoms with Gasteiger partial charge in [0.05, 0.1) is 13.0 Å². The van der Waals surface area contributed by atoms with Gasteiger partial charge in [0.2, 0.25) is 5.91 Å². The molecule has 5 heteroatoms. The molecule has 0 saturated carbocycles. The fraction of sp³-hybridized carbons (Fsp3) is 0.533. The van der Waals surface area contributed by atoms with Gasteiger partial charge in [-0.2, -0.15) is 0 Å². The summed E-state index contributed by atoms with van der Waals surface area (Å²) in [7, 11) is 0. The smallest absolute Gasteiger partial charge is 0.223 e. The van der Waals surface area contributed by atoms with Crippen molar-refractivity contribution in [3.8, 4) is 5.75 Å². The summed E-state index contributed by atoms with van der Waals surface area (Å²) >= 11 is 0. The number of ether oxygens (including phenoxy) is 1. The van der Waals surface area contributed by atoms with Crippen LogP contribution in [0.5, 0.6) is 5.75 Å². The van der Waals surface area contributed by atoms with Gasteiger partial charge in [-0.3, -0.25) is 4.79 Å². The normalized spacial score (nSPS) is 12.0. The van der Waals surface area contributed by atoms with Crippen molar-refractivity contribution in [3.63, 3.8) is 0 Å². The van der Waals surface area contributed by atoms with Gasteiger partial charge in [-0.05, 0) is 37.5 Å². The lowest BCUT2D eigenvalue weighted by Gasteiger charge is -2.11. The highest BCUT2D eigenvalue weighted by Gasteiger charge is 2.08. The van der Waals surface area contributed by atoms with E-state index in [1.807, 2.05) is 13.8 Å². The molecule has 0 aliphatic carbocycles. The zero-order chi connectivity index (χ0) is 15.0. The van der Waals surface area contributed by atoms with Crippen molar-refractivity contribution >= 4 is 5.91 Å². The van der Waals surface area contributed by atoms with Crippen LogP contribution in [0.25, 0.3) is 0 Å². The van der Waals surface area contributed by atoms with Gasteiger partial charge < -0.3 is 15.8 Å². The third-order valence-electron chi connectivity index (χ3n) is 2.98. The second kappa shape index (κ2) is 8.53. The van der Waals surface area contributed by atoms with Crippen molar-refractivity contribution in [2.24, 2.45) is 5.73 Å². The van der Waals surface area contributed by atoms with Gasteiger partial charge >= 0.3 is 0 Å². The number of halogens is 1. The molecule has 0 radical (unpaired) electrons. The van der Waals surface area contributed by atoms with E-state index >= 15 is 0 Å². The Labute approximate surface area is 119 Å². The largest absolute Gasteiger partial charge is 0.490 e. The number of nitrogens with one attached hydrogen (secondary N) is 1. The van der Waals surface area contributed by atoms with Crippen LogP contribution in [0.1, 0.15) is 32.3 Å². The van der Waals surface area contributed by atoms with Gasteiger partial charge in [-0.15, -0.1) is 0 Å². The molecule has 3 N–H and O–H groups in total. The van der Waals surface area contributed by atoms with E-state index in [0.29, 0.717) is 13.0 Å². The molecule has 0 aliphatic heterocycles. The summed E-state index contributed by atoms with van der Waals surface area (Å²) in [6, 6.07) is 4.88. The van der Waals surface area contributed by atoms with Crippen LogP contribution in [-0.4, -0.2) is 25.1 Å². The SMILES string of the molecule is CCNC(=O)CCOc1ccc(CC(N)CC)cc1F. The van der Waals surface area contributed by atoms with E-state index in [4.69, 9.17) is 10.5 Å². The average Bonchev–Trinajstić information content (AvgIpc) is 2.41. The lowest BCUT2D eigenvalue weighted by molar-refractivity contribution is -0.121. The zero-order valence-corrected chi connectivity index (χ0v) is 12.1. The van der Waals surface area contributed by atoms with Crippen molar-refractivity contribution in [1.29, 1.82) is 0 Å². The fourth-order valence-corrected chi connectivity index (χ4v) is 1.77. The highest BCUT2D eigenvalue weighted by atomic mass is 19.1. The maximum absolute atomic E-state index is 13.8. The zero-order valence-electron chi connectivity index (χ0n) is 12.1. The van der Waals surface area contributed by atoms with Crippen LogP contribution < -0.4 is 15.8 Å². The molecular weight excluding hydrogens is 259 g/mol. The first-order chi connectivity index (χ1) is 9.56. The number of carbonyl (C=O) groups is 1. The molecule has 0 fully saturated rings. The fourth-order valence-electron chi connectivity index (χ4n) is 1.77. The Bertz CT molecular complexity index is 438. The Morgan fingerprint density at radius 1 is 1.45 bits per heavy atom. The monoisotopic (exact) mass is 282 g/mol. The predicted molar refractivity (Wildman–Crippen MR) is 77.2 cm³/mol. The van der Waals surface area contributed by atoms with E-state index in [2.05, 4.69) is 5.32 Å². The highest BCUT2D eigenvalue weighted by molar-refractivity contribution is 5.75. The molecule has 0 aromatic heterocycles. The van der Waals surface area contributed by atoms with Crippen molar-refractivity contribution in [3.05, 3.63) is 29.6 Å². The molecule has 0 saturated heterocycles. The molecule has 1 unspecified atom stereocenters. The molecule has 1 rings (SSSR count). The molecule has 0 bridgehead atoms. The summed E-state index contributed by atoms with van der Waals surface area (Å²) in [5, 5.41) is 2.66. The summed E-state index contributed by atoms with van der Waals surface area (Å²) in [5.41, 5.74) is 6.69. The number of hydrogen-bond acceptors (Lipinski definition) is 3. The van der Waals surface area contributed by atoms with Crippen LogP contribution in [0.2, 0.25) is 0 Å². The molecule has 0 aliphatic rings. The van der Waals surface area contributed by atoms with Gasteiger partial charge in [-0.1, -0.05) is 13.0 Å². The van der Waals surface area contributed by atoms with Crippen LogP contribution in [0, 0.1) is 5.82 Å². The molecule has 112 valence electrons. The first kappa shape index (κ1) is 16.4. The van der Waals surface area contributed by atoms with Crippen LogP contribution in [0.3, 0.4) is 0 Å². The minimum absolute atomic E-state index is 0.0407. The quantitative estimate of drug-likeness (QED) is 0.766. The highest BCUT2D eigenvalue weighted by Crippen LogP contribution is 2.19. The van der Waals surface area contributed by atoms with E-state index < -0.39 is 5.82 Å². The summed E-state index contributed by atoms with van der Waals surface area (Å²) in [6.45, 7) is 4.59. The second-order valence-electron chi connectivity index (χ2n) is 4.69. The van der Waals surface area contributed by atoms with E-state index in [9.17, 15) is 9.18 Å². The average molecular weight is 282 g/mol. The van der Waals surface area contributed by atoms with Crippen molar-refractivity contribution in [2.45, 2.75) is 39.2 Å². The van der Waals surface area contributed by atoms with Crippen molar-refractivity contribution < 1.29 is 13.9 Å². The number of hydrogen-bond donors (Lipinski definition) is 2. The number of amides is 1. The van der Waals surface area contributed by atoms with Gasteiger partial charge in [0.25, 0.3) is 0 Å². The topological polar surface area (TPSA) is 64.3 Å². The number of rotatable bonds is 8. The van der Waals surface area contributed by atoms with Crippen LogP contribution in [-0.2, 0) is 11.2 Å². The maximum atomic E-state index is 13.8. The number of nitrogens with two attached hydrogens (primary N) is 1. The maximum Gasteiger partial charge on any atom is 0.223 e. The van der Waals surface area contributed by atoms with Crippen LogP contribution in [0.4, 0.5) is 4.39 Å². The molecule has 0 spiro atoms. The third-order valence-corrected chi connectivity index (χ3v) is 2.98. The minimum atomic E-state index is -0.415. The lowest BCUT2D eigenvalue weighted by Crippen LogP contribution is -2.24. The molecule has 1 aromatic carbocycles. The number of benzene rings is 1. The summed E-state index contributed by atoms with van der Waals surface area (Å²) in [5.74, 6) is -0.344. The van der Waals surface area contributed by atoms with Gasteiger partial charge in [0, 0.05) is 12.6 Å². The van der Waals surface area contributed by atoms with Crippen molar-refractivity contribution in [1.82, 2.24) is 5.32 Å². The molecule has 1 aromatic rings. The summed E-state index contributed by atoms with van der Waals surface area (Å²) < 4.78 is 19.1. The predicted octanol–water partition coefficient (Wildman–Crippen LogP) is 2.01. The standard InChI is InChI=1S/C15H23FN2O2/c1-3-12(17)9-11-5-6-14(13(16)10-11)20-8-7-15(19)18-4-2/h5-6,10,12H,3-4,7-9,17H2,1-2H3,(H,18,19). The molecule has 1 atom stereocenters. The van der Waals surface area contributed by atoms with Gasteiger partial charge in [-0.25, -0.2) is 4.39 Å². The van der Waals surface area contributed by atoms with Crippen LogP contribution >= 0.6 is 0 Å². The summed E-state index contributed by atoms with van der Waals surface area (Å²) in [4.78, 5) is 11.2. The van der Waals surface area contributed by atoms with Crippen LogP contribution in [0.15, 0.2) is 18.2 Å². The molecular formula is C15H23FN2O2. The Morgan fingerprint density at radius 3 is 2.80 bits per heavy atom. The lowest BCUT2D eigenvalue weighted by atomic mass is 10.0. The second-order valence-corrected chi connectivity index (χ2v) is 4.69. The van der Waals surface area contributed by atoms with E-state index in [1.165, 1.54) is 6.07 Å². The van der Waals surface area contributed by atoms with Gasteiger partial charge in [0.15, 0.2) is 11.6 Å². The molecule has 4 nitrogen and oxygen atoms in total. The Kier molecular flexibility index (Phi) is 7.01. The molecule has 20 heavy (non-hydrogen) atoms. The minimum Gasteiger partial charge on any atom is -0.490 e. The van der Waals surface area contributed by atoms with E-state index in [0.717, 1.165) is 12.0 Å².